The van der Waals surface area contributed by atoms with Gasteiger partial charge < -0.3 is 0 Å². The molecule has 0 spiro atoms. The van der Waals surface area contributed by atoms with Crippen molar-refractivity contribution in [1.82, 2.24) is 14.6 Å². The molecule has 1 fully saturated rings. The molecule has 2 unspecified atom stereocenters. The lowest BCUT2D eigenvalue weighted by Gasteiger charge is -2.17. The van der Waals surface area contributed by atoms with Gasteiger partial charge in [0.15, 0.2) is 0 Å². The molecule has 1 N–H and O–H groups in total. The van der Waals surface area contributed by atoms with Crippen LogP contribution in [0.15, 0.2) is 18.3 Å². The normalized spacial score (nSPS) is 22.9. The first-order valence-corrected chi connectivity index (χ1v) is 9.69. The zero-order chi connectivity index (χ0) is 18.0. The number of nitrogens with one attached hydrogen (secondary N) is 1. The fourth-order valence-corrected chi connectivity index (χ4v) is 3.92. The third kappa shape index (κ3) is 5.42. The van der Waals surface area contributed by atoms with Gasteiger partial charge >= 0.3 is 6.18 Å². The summed E-state index contributed by atoms with van der Waals surface area (Å²) in [6, 6.07) is 2.23. The van der Waals surface area contributed by atoms with Gasteiger partial charge in [0.1, 0.15) is 5.69 Å². The maximum atomic E-state index is 12.5. The molecule has 2 atom stereocenters. The van der Waals surface area contributed by atoms with Crippen molar-refractivity contribution in [2.24, 2.45) is 5.92 Å². The van der Waals surface area contributed by atoms with E-state index in [0.717, 1.165) is 25.2 Å². The van der Waals surface area contributed by atoms with Gasteiger partial charge in [-0.15, -0.1) is 0 Å². The fraction of sp³-hybridized carbons (Fsp3) is 0.667. The molecule has 0 aliphatic carbocycles. The van der Waals surface area contributed by atoms with Gasteiger partial charge in [-0.05, 0) is 24.0 Å². The van der Waals surface area contributed by atoms with Gasteiger partial charge in [-0.3, -0.25) is 9.88 Å². The van der Waals surface area contributed by atoms with Gasteiger partial charge in [0.2, 0.25) is 10.0 Å². The number of halogens is 3. The molecular weight excluding hydrogens is 343 g/mol. The molecule has 0 aromatic carbocycles. The Morgan fingerprint density at radius 3 is 2.54 bits per heavy atom. The zero-order valence-electron chi connectivity index (χ0n) is 13.7. The van der Waals surface area contributed by atoms with Crippen LogP contribution in [0.25, 0.3) is 0 Å². The van der Waals surface area contributed by atoms with Gasteiger partial charge in [-0.25, -0.2) is 13.1 Å². The molecule has 24 heavy (non-hydrogen) atoms. The van der Waals surface area contributed by atoms with Crippen molar-refractivity contribution in [3.05, 3.63) is 29.6 Å². The van der Waals surface area contributed by atoms with Crippen molar-refractivity contribution in [2.75, 3.05) is 19.3 Å². The molecule has 136 valence electrons. The Labute approximate surface area is 140 Å². The van der Waals surface area contributed by atoms with Crippen LogP contribution in [-0.4, -0.2) is 43.7 Å². The molecule has 1 aromatic rings. The first kappa shape index (κ1) is 19.1. The van der Waals surface area contributed by atoms with Gasteiger partial charge in [0.25, 0.3) is 0 Å². The molecule has 2 rings (SSSR count). The summed E-state index contributed by atoms with van der Waals surface area (Å²) in [4.78, 5) is 5.51. The summed E-state index contributed by atoms with van der Waals surface area (Å²) in [7, 11) is -3.29. The van der Waals surface area contributed by atoms with Crippen LogP contribution in [0.4, 0.5) is 13.2 Å². The number of hydrogen-bond acceptors (Lipinski definition) is 4. The summed E-state index contributed by atoms with van der Waals surface area (Å²) in [5.41, 5.74) is -0.230. The molecule has 1 aliphatic rings. The molecule has 1 aromatic heterocycles. The van der Waals surface area contributed by atoms with Crippen LogP contribution in [0.1, 0.15) is 31.0 Å². The quantitative estimate of drug-likeness (QED) is 0.840. The predicted molar refractivity (Wildman–Crippen MR) is 84.7 cm³/mol. The number of sulfonamides is 1. The van der Waals surface area contributed by atoms with E-state index < -0.39 is 21.9 Å². The lowest BCUT2D eigenvalue weighted by atomic mass is 9.99. The van der Waals surface area contributed by atoms with Crippen molar-refractivity contribution in [1.29, 1.82) is 0 Å². The molecule has 5 nitrogen and oxygen atoms in total. The molecule has 0 bridgehead atoms. The van der Waals surface area contributed by atoms with Crippen molar-refractivity contribution in [2.45, 2.75) is 38.5 Å². The Balaban J connectivity index is 2.02. The number of alkyl halides is 3. The summed E-state index contributed by atoms with van der Waals surface area (Å²) < 4.78 is 63.2. The number of hydrogen-bond donors (Lipinski definition) is 1. The number of rotatable bonds is 6. The van der Waals surface area contributed by atoms with Crippen LogP contribution in [0, 0.1) is 5.92 Å². The highest BCUT2D eigenvalue weighted by Gasteiger charge is 2.34. The largest absolute Gasteiger partial charge is 0.433 e. The van der Waals surface area contributed by atoms with E-state index in [9.17, 15) is 21.6 Å². The predicted octanol–water partition coefficient (Wildman–Crippen LogP) is 2.25. The van der Waals surface area contributed by atoms with Gasteiger partial charge in [-0.2, -0.15) is 13.2 Å². The average Bonchev–Trinajstić information content (AvgIpc) is 2.78. The molecule has 9 heteroatoms. The second kappa shape index (κ2) is 7.37. The summed E-state index contributed by atoms with van der Waals surface area (Å²) in [6.45, 7) is 3.74. The second-order valence-electron chi connectivity index (χ2n) is 6.29. The fourth-order valence-electron chi connectivity index (χ4n) is 3.11. The van der Waals surface area contributed by atoms with Gasteiger partial charge in [0, 0.05) is 31.9 Å². The minimum absolute atomic E-state index is 0.164. The summed E-state index contributed by atoms with van der Waals surface area (Å²) in [6.07, 6.45) is -0.229. The van der Waals surface area contributed by atoms with Crippen molar-refractivity contribution in [3.63, 3.8) is 0 Å². The maximum absolute atomic E-state index is 12.5. The van der Waals surface area contributed by atoms with E-state index in [2.05, 4.69) is 9.71 Å². The molecule has 0 radical (unpaired) electrons. The van der Waals surface area contributed by atoms with Gasteiger partial charge in [-0.1, -0.05) is 19.4 Å². The van der Waals surface area contributed by atoms with Crippen LogP contribution in [-0.2, 0) is 22.7 Å². The monoisotopic (exact) mass is 365 g/mol. The number of pyridine rings is 1. The van der Waals surface area contributed by atoms with E-state index in [1.54, 1.807) is 0 Å². The Kier molecular flexibility index (Phi) is 5.87. The topological polar surface area (TPSA) is 62.3 Å². The standard InChI is InChI=1S/C15H22F3N3O2S/c1-3-4-12-9-21(10-13(12)20-24(2,22)23)8-11-5-6-14(19-7-11)15(16,17)18/h5-7,12-13,20H,3-4,8-10H2,1-2H3. The Hall–Kier alpha value is -1.19. The number of nitrogens with zero attached hydrogens (tertiary/aromatic N) is 2. The van der Waals surface area contributed by atoms with Crippen LogP contribution >= 0.6 is 0 Å². The molecule has 1 saturated heterocycles. The van der Waals surface area contributed by atoms with Crippen molar-refractivity contribution in [3.8, 4) is 0 Å². The molecular formula is C15H22F3N3O2S. The highest BCUT2D eigenvalue weighted by atomic mass is 32.2. The zero-order valence-corrected chi connectivity index (χ0v) is 14.5. The maximum Gasteiger partial charge on any atom is 0.433 e. The van der Waals surface area contributed by atoms with Gasteiger partial charge in [0.05, 0.1) is 6.26 Å². The summed E-state index contributed by atoms with van der Waals surface area (Å²) in [5.74, 6) is 0.201. The SMILES string of the molecule is CCCC1CN(Cc2ccc(C(F)(F)F)nc2)CC1NS(C)(=O)=O. The second-order valence-corrected chi connectivity index (χ2v) is 8.07. The third-order valence-corrected chi connectivity index (χ3v) is 4.79. The third-order valence-electron chi connectivity index (χ3n) is 4.06. The number of aromatic nitrogens is 1. The Morgan fingerprint density at radius 2 is 2.04 bits per heavy atom. The molecule has 1 aliphatic heterocycles. The van der Waals surface area contributed by atoms with Crippen molar-refractivity contribution < 1.29 is 21.6 Å². The van der Waals surface area contributed by atoms with Crippen LogP contribution < -0.4 is 4.72 Å². The smallest absolute Gasteiger partial charge is 0.297 e. The van der Waals surface area contributed by atoms with Crippen molar-refractivity contribution >= 4 is 10.0 Å². The lowest BCUT2D eigenvalue weighted by Crippen LogP contribution is -2.39. The van der Waals surface area contributed by atoms with E-state index >= 15 is 0 Å². The lowest BCUT2D eigenvalue weighted by molar-refractivity contribution is -0.141. The molecule has 0 amide bonds. The van der Waals surface area contributed by atoms with E-state index in [1.165, 1.54) is 12.3 Å². The first-order valence-electron chi connectivity index (χ1n) is 7.80. The molecule has 0 saturated carbocycles. The van der Waals surface area contributed by atoms with Crippen LogP contribution in [0.5, 0.6) is 0 Å². The molecule has 2 heterocycles. The minimum atomic E-state index is -4.44. The Morgan fingerprint density at radius 1 is 1.33 bits per heavy atom. The first-order chi connectivity index (χ1) is 11.1. The van der Waals surface area contributed by atoms with Crippen LogP contribution in [0.3, 0.4) is 0 Å². The number of likely N-dealkylation sites (tertiary alicyclic amines) is 1. The Bertz CT molecular complexity index is 647. The highest BCUT2D eigenvalue weighted by Crippen LogP contribution is 2.28. The van der Waals surface area contributed by atoms with E-state index in [0.29, 0.717) is 25.2 Å². The van der Waals surface area contributed by atoms with E-state index in [1.807, 2.05) is 11.8 Å². The average molecular weight is 365 g/mol. The van der Waals surface area contributed by atoms with Crippen LogP contribution in [0.2, 0.25) is 0 Å². The summed E-state index contributed by atoms with van der Waals surface area (Å²) in [5, 5.41) is 0. The summed E-state index contributed by atoms with van der Waals surface area (Å²) >= 11 is 0. The van der Waals surface area contributed by atoms with E-state index in [-0.39, 0.29) is 12.0 Å². The highest BCUT2D eigenvalue weighted by molar-refractivity contribution is 7.88. The van der Waals surface area contributed by atoms with E-state index in [4.69, 9.17) is 0 Å². The minimum Gasteiger partial charge on any atom is -0.297 e.